The summed E-state index contributed by atoms with van der Waals surface area (Å²) in [6.07, 6.45) is 0.322. The van der Waals surface area contributed by atoms with Crippen molar-refractivity contribution in [2.24, 2.45) is 0 Å². The Morgan fingerprint density at radius 2 is 2.20 bits per heavy atom. The van der Waals surface area contributed by atoms with E-state index in [2.05, 4.69) is 5.32 Å². The molecule has 1 N–H and O–H groups in total. The van der Waals surface area contributed by atoms with Crippen LogP contribution < -0.4 is 5.32 Å². The van der Waals surface area contributed by atoms with Gasteiger partial charge in [0.05, 0.1) is 6.61 Å². The van der Waals surface area contributed by atoms with Gasteiger partial charge in [0.2, 0.25) is 0 Å². The maximum Gasteiger partial charge on any atom is 0.407 e. The lowest BCUT2D eigenvalue weighted by atomic mass is 10.1. The summed E-state index contributed by atoms with van der Waals surface area (Å²) in [4.78, 5) is 11.0. The third kappa shape index (κ3) is 4.21. The van der Waals surface area contributed by atoms with E-state index < -0.39 is 0 Å². The summed E-state index contributed by atoms with van der Waals surface area (Å²) in [6.45, 7) is 2.69. The lowest BCUT2D eigenvalue weighted by molar-refractivity contribution is 0.152. The van der Waals surface area contributed by atoms with Gasteiger partial charge in [-0.1, -0.05) is 29.8 Å². The fourth-order valence-corrected chi connectivity index (χ4v) is 1.41. The van der Waals surface area contributed by atoms with E-state index in [-0.39, 0.29) is 6.09 Å². The molecule has 0 saturated carbocycles. The Morgan fingerprint density at radius 3 is 2.87 bits per heavy atom. The predicted molar refractivity (Wildman–Crippen MR) is 60.2 cm³/mol. The molecule has 0 saturated heterocycles. The second kappa shape index (κ2) is 6.30. The molecule has 0 atom stereocenters. The molecular formula is C11H14ClNO2. The zero-order chi connectivity index (χ0) is 11.1. The van der Waals surface area contributed by atoms with Crippen molar-refractivity contribution >= 4 is 17.7 Å². The van der Waals surface area contributed by atoms with Crippen molar-refractivity contribution < 1.29 is 9.53 Å². The monoisotopic (exact) mass is 227 g/mol. The Labute approximate surface area is 94.4 Å². The van der Waals surface area contributed by atoms with E-state index in [4.69, 9.17) is 16.3 Å². The van der Waals surface area contributed by atoms with Gasteiger partial charge in [-0.15, -0.1) is 0 Å². The van der Waals surface area contributed by atoms with Crippen molar-refractivity contribution in [3.8, 4) is 0 Å². The third-order valence-electron chi connectivity index (χ3n) is 1.90. The Hall–Kier alpha value is -1.22. The number of benzene rings is 1. The first kappa shape index (κ1) is 11.9. The zero-order valence-electron chi connectivity index (χ0n) is 8.63. The van der Waals surface area contributed by atoms with Gasteiger partial charge < -0.3 is 10.1 Å². The summed E-state index contributed by atoms with van der Waals surface area (Å²) in [5, 5.41) is 3.36. The summed E-state index contributed by atoms with van der Waals surface area (Å²) in [7, 11) is 0. The fourth-order valence-electron chi connectivity index (χ4n) is 1.18. The SMILES string of the molecule is CCOC(=O)NCCc1ccccc1Cl. The van der Waals surface area contributed by atoms with Crippen LogP contribution in [0.15, 0.2) is 24.3 Å². The van der Waals surface area contributed by atoms with Crippen LogP contribution in [0.1, 0.15) is 12.5 Å². The molecule has 4 heteroatoms. The molecule has 0 radical (unpaired) electrons. The van der Waals surface area contributed by atoms with Gasteiger partial charge in [-0.25, -0.2) is 4.79 Å². The molecule has 0 heterocycles. The average Bonchev–Trinajstić information content (AvgIpc) is 2.21. The van der Waals surface area contributed by atoms with Crippen molar-refractivity contribution in [2.75, 3.05) is 13.2 Å². The van der Waals surface area contributed by atoms with Gasteiger partial charge in [-0.05, 0) is 25.0 Å². The van der Waals surface area contributed by atoms with Crippen molar-refractivity contribution in [3.05, 3.63) is 34.9 Å². The highest BCUT2D eigenvalue weighted by molar-refractivity contribution is 6.31. The maximum atomic E-state index is 11.0. The lowest BCUT2D eigenvalue weighted by Crippen LogP contribution is -2.26. The molecule has 0 spiro atoms. The molecule has 1 amide bonds. The number of amides is 1. The Balaban J connectivity index is 2.32. The first-order valence-electron chi connectivity index (χ1n) is 4.88. The second-order valence-corrected chi connectivity index (χ2v) is 3.40. The molecule has 0 bridgehead atoms. The molecule has 0 aromatic heterocycles. The van der Waals surface area contributed by atoms with Crippen LogP contribution in [0.4, 0.5) is 4.79 Å². The minimum Gasteiger partial charge on any atom is -0.450 e. The highest BCUT2D eigenvalue weighted by Gasteiger charge is 2.01. The van der Waals surface area contributed by atoms with E-state index in [1.165, 1.54) is 0 Å². The Bertz CT molecular complexity index is 328. The number of carbonyl (C=O) groups is 1. The van der Waals surface area contributed by atoms with Crippen LogP contribution >= 0.6 is 11.6 Å². The number of halogens is 1. The van der Waals surface area contributed by atoms with Crippen LogP contribution in [-0.2, 0) is 11.2 Å². The van der Waals surface area contributed by atoms with E-state index in [1.807, 2.05) is 24.3 Å². The number of carbonyl (C=O) groups excluding carboxylic acids is 1. The summed E-state index contributed by atoms with van der Waals surface area (Å²) in [5.74, 6) is 0. The van der Waals surface area contributed by atoms with Crippen LogP contribution in [0, 0.1) is 0 Å². The standard InChI is InChI=1S/C11H14ClNO2/c1-2-15-11(14)13-8-7-9-5-3-4-6-10(9)12/h3-6H,2,7-8H2,1H3,(H,13,14). The molecular weight excluding hydrogens is 214 g/mol. The van der Waals surface area contributed by atoms with Crippen LogP contribution in [0.3, 0.4) is 0 Å². The molecule has 0 aliphatic heterocycles. The van der Waals surface area contributed by atoms with Gasteiger partial charge in [0.1, 0.15) is 0 Å². The smallest absolute Gasteiger partial charge is 0.407 e. The van der Waals surface area contributed by atoms with Crippen LogP contribution in [0.2, 0.25) is 5.02 Å². The second-order valence-electron chi connectivity index (χ2n) is 2.99. The van der Waals surface area contributed by atoms with Gasteiger partial charge in [-0.3, -0.25) is 0 Å². The predicted octanol–water partition coefficient (Wildman–Crippen LogP) is 2.63. The van der Waals surface area contributed by atoms with E-state index >= 15 is 0 Å². The molecule has 0 aliphatic carbocycles. The van der Waals surface area contributed by atoms with Gasteiger partial charge in [0, 0.05) is 11.6 Å². The van der Waals surface area contributed by atoms with Gasteiger partial charge in [0.15, 0.2) is 0 Å². The molecule has 1 rings (SSSR count). The van der Waals surface area contributed by atoms with Crippen LogP contribution in [0.5, 0.6) is 0 Å². The van der Waals surface area contributed by atoms with Crippen molar-refractivity contribution in [1.29, 1.82) is 0 Å². The van der Waals surface area contributed by atoms with E-state index in [9.17, 15) is 4.79 Å². The third-order valence-corrected chi connectivity index (χ3v) is 2.27. The van der Waals surface area contributed by atoms with Gasteiger partial charge in [-0.2, -0.15) is 0 Å². The van der Waals surface area contributed by atoms with E-state index in [0.717, 1.165) is 10.6 Å². The van der Waals surface area contributed by atoms with E-state index in [0.29, 0.717) is 19.6 Å². The number of rotatable bonds is 4. The maximum absolute atomic E-state index is 11.0. The van der Waals surface area contributed by atoms with Gasteiger partial charge in [0.25, 0.3) is 0 Å². The quantitative estimate of drug-likeness (QED) is 0.859. The normalized spacial score (nSPS) is 9.73. The van der Waals surface area contributed by atoms with Gasteiger partial charge >= 0.3 is 6.09 Å². The largest absolute Gasteiger partial charge is 0.450 e. The number of nitrogens with one attached hydrogen (secondary N) is 1. The molecule has 3 nitrogen and oxygen atoms in total. The van der Waals surface area contributed by atoms with Crippen molar-refractivity contribution in [2.45, 2.75) is 13.3 Å². The first-order valence-corrected chi connectivity index (χ1v) is 5.26. The topological polar surface area (TPSA) is 38.3 Å². The molecule has 82 valence electrons. The highest BCUT2D eigenvalue weighted by Crippen LogP contribution is 2.14. The summed E-state index contributed by atoms with van der Waals surface area (Å²) in [5.41, 5.74) is 1.02. The Kier molecular flexibility index (Phi) is 4.98. The number of alkyl carbamates (subject to hydrolysis) is 1. The minimum atomic E-state index is -0.385. The molecule has 15 heavy (non-hydrogen) atoms. The van der Waals surface area contributed by atoms with E-state index in [1.54, 1.807) is 6.92 Å². The Morgan fingerprint density at radius 1 is 1.47 bits per heavy atom. The van der Waals surface area contributed by atoms with Crippen molar-refractivity contribution in [3.63, 3.8) is 0 Å². The average molecular weight is 228 g/mol. The highest BCUT2D eigenvalue weighted by atomic mass is 35.5. The molecule has 0 fully saturated rings. The molecule has 0 aliphatic rings. The number of hydrogen-bond donors (Lipinski definition) is 1. The number of hydrogen-bond acceptors (Lipinski definition) is 2. The summed E-state index contributed by atoms with van der Waals surface area (Å²) in [6, 6.07) is 7.58. The number of ether oxygens (including phenoxy) is 1. The summed E-state index contributed by atoms with van der Waals surface area (Å²) >= 11 is 5.96. The van der Waals surface area contributed by atoms with Crippen LogP contribution in [0.25, 0.3) is 0 Å². The molecule has 0 unspecified atom stereocenters. The first-order chi connectivity index (χ1) is 7.24. The summed E-state index contributed by atoms with van der Waals surface area (Å²) < 4.78 is 4.73. The van der Waals surface area contributed by atoms with Crippen molar-refractivity contribution in [1.82, 2.24) is 5.32 Å². The zero-order valence-corrected chi connectivity index (χ0v) is 9.38. The molecule has 1 aromatic rings. The van der Waals surface area contributed by atoms with Crippen LogP contribution in [-0.4, -0.2) is 19.2 Å². The lowest BCUT2D eigenvalue weighted by Gasteiger charge is -2.06. The fraction of sp³-hybridized carbons (Fsp3) is 0.364. The minimum absolute atomic E-state index is 0.385. The molecule has 1 aromatic carbocycles.